The van der Waals surface area contributed by atoms with Crippen molar-refractivity contribution in [3.8, 4) is 35.8 Å². The summed E-state index contributed by atoms with van der Waals surface area (Å²) in [5, 5.41) is 0. The molecule has 5 rings (SSSR count). The molecule has 5 aromatic rings. The summed E-state index contributed by atoms with van der Waals surface area (Å²) in [6.07, 6.45) is 11.3. The summed E-state index contributed by atoms with van der Waals surface area (Å²) in [4.78, 5) is 0. The first-order valence-corrected chi connectivity index (χ1v) is 11.9. The molecule has 168 valence electrons. The number of hydrogen-bond donors (Lipinski definition) is 0. The molecule has 0 aliphatic rings. The highest BCUT2D eigenvalue weighted by molar-refractivity contribution is 6.04. The van der Waals surface area contributed by atoms with E-state index in [2.05, 4.69) is 127 Å². The van der Waals surface area contributed by atoms with E-state index in [1.807, 2.05) is 18.2 Å². The van der Waals surface area contributed by atoms with Gasteiger partial charge in [0.25, 0.3) is 0 Å². The van der Waals surface area contributed by atoms with Crippen molar-refractivity contribution in [2.75, 3.05) is 0 Å². The normalized spacial score (nSPS) is 10.2. The molecule has 0 heteroatoms. The molecule has 0 heterocycles. The second-order valence-corrected chi connectivity index (χ2v) is 8.51. The quantitative estimate of drug-likeness (QED) is 0.184. The van der Waals surface area contributed by atoms with Crippen LogP contribution in [0.15, 0.2) is 133 Å². The lowest BCUT2D eigenvalue weighted by atomic mass is 9.85. The molecule has 0 aliphatic carbocycles. The van der Waals surface area contributed by atoms with Crippen molar-refractivity contribution < 1.29 is 0 Å². The zero-order chi connectivity index (χ0) is 24.7. The maximum Gasteiger partial charge on any atom is 0.0261 e. The molecule has 0 saturated heterocycles. The third-order valence-electron chi connectivity index (χ3n) is 6.21. The molecule has 36 heavy (non-hydrogen) atoms. The maximum atomic E-state index is 5.67. The Labute approximate surface area is 213 Å². The van der Waals surface area contributed by atoms with Crippen molar-refractivity contribution in [1.82, 2.24) is 0 Å². The fraction of sp³-hybridized carbons (Fsp3) is 0. The van der Waals surface area contributed by atoms with Crippen LogP contribution in [-0.4, -0.2) is 0 Å². The first-order valence-electron chi connectivity index (χ1n) is 11.9. The predicted molar refractivity (Wildman–Crippen MR) is 152 cm³/mol. The van der Waals surface area contributed by atoms with Crippen molar-refractivity contribution in [1.29, 1.82) is 0 Å². The average Bonchev–Trinajstić information content (AvgIpc) is 2.97. The van der Waals surface area contributed by atoms with Gasteiger partial charge >= 0.3 is 0 Å². The van der Waals surface area contributed by atoms with Gasteiger partial charge < -0.3 is 0 Å². The summed E-state index contributed by atoms with van der Waals surface area (Å²) in [5.41, 5.74) is 10.7. The first kappa shape index (κ1) is 22.7. The Kier molecular flexibility index (Phi) is 6.62. The van der Waals surface area contributed by atoms with Crippen molar-refractivity contribution in [3.63, 3.8) is 0 Å². The van der Waals surface area contributed by atoms with Crippen molar-refractivity contribution in [3.05, 3.63) is 167 Å². The van der Waals surface area contributed by atoms with Gasteiger partial charge in [-0.2, -0.15) is 0 Å². The largest absolute Gasteiger partial charge is 0.115 e. The maximum absolute atomic E-state index is 5.67. The minimum absolute atomic E-state index is 0.782. The van der Waals surface area contributed by atoms with E-state index in [1.165, 1.54) is 22.3 Å². The SMILES string of the molecule is C#Cc1cc(C#C)cc(-c2ccc(C(=C(c3ccccc3)c3ccccc3)c3ccccc3)cc2)c1. The van der Waals surface area contributed by atoms with Crippen molar-refractivity contribution in [2.45, 2.75) is 0 Å². The van der Waals surface area contributed by atoms with E-state index < -0.39 is 0 Å². The number of terminal acetylenes is 2. The number of rotatable bonds is 5. The van der Waals surface area contributed by atoms with E-state index in [0.29, 0.717) is 0 Å². The van der Waals surface area contributed by atoms with Gasteiger partial charge in [-0.3, -0.25) is 0 Å². The number of hydrogen-bond acceptors (Lipinski definition) is 0. The molecular formula is C36H24. The van der Waals surface area contributed by atoms with E-state index >= 15 is 0 Å². The van der Waals surface area contributed by atoms with Gasteiger partial charge in [0, 0.05) is 11.1 Å². The van der Waals surface area contributed by atoms with E-state index in [4.69, 9.17) is 12.8 Å². The molecule has 0 nitrogen and oxygen atoms in total. The zero-order valence-corrected chi connectivity index (χ0v) is 19.9. The van der Waals surface area contributed by atoms with Crippen LogP contribution in [0.5, 0.6) is 0 Å². The summed E-state index contributed by atoms with van der Waals surface area (Å²) in [7, 11) is 0. The Morgan fingerprint density at radius 3 is 1.11 bits per heavy atom. The first-order chi connectivity index (χ1) is 17.8. The van der Waals surface area contributed by atoms with Gasteiger partial charge in [0.2, 0.25) is 0 Å². The number of benzene rings is 5. The minimum atomic E-state index is 0.782. The molecule has 0 radical (unpaired) electrons. The zero-order valence-electron chi connectivity index (χ0n) is 19.9. The molecule has 0 fully saturated rings. The van der Waals surface area contributed by atoms with Gasteiger partial charge in [0.15, 0.2) is 0 Å². The predicted octanol–water partition coefficient (Wildman–Crippen LogP) is 8.32. The van der Waals surface area contributed by atoms with Gasteiger partial charge in [0.1, 0.15) is 0 Å². The fourth-order valence-corrected chi connectivity index (χ4v) is 4.52. The van der Waals surface area contributed by atoms with Crippen LogP contribution in [0.1, 0.15) is 33.4 Å². The van der Waals surface area contributed by atoms with Crippen LogP contribution in [0.4, 0.5) is 0 Å². The fourth-order valence-electron chi connectivity index (χ4n) is 4.52. The second-order valence-electron chi connectivity index (χ2n) is 8.51. The van der Waals surface area contributed by atoms with Crippen LogP contribution in [-0.2, 0) is 0 Å². The van der Waals surface area contributed by atoms with Crippen LogP contribution in [0.2, 0.25) is 0 Å². The van der Waals surface area contributed by atoms with Crippen LogP contribution in [0.25, 0.3) is 22.3 Å². The lowest BCUT2D eigenvalue weighted by molar-refractivity contribution is 1.49. The summed E-state index contributed by atoms with van der Waals surface area (Å²) < 4.78 is 0. The Balaban J connectivity index is 1.73. The highest BCUT2D eigenvalue weighted by Crippen LogP contribution is 2.37. The Morgan fingerprint density at radius 1 is 0.389 bits per heavy atom. The van der Waals surface area contributed by atoms with Gasteiger partial charge in [-0.25, -0.2) is 0 Å². The smallest absolute Gasteiger partial charge is 0.0261 e. The molecule has 0 bridgehead atoms. The Morgan fingerprint density at radius 2 is 0.750 bits per heavy atom. The topological polar surface area (TPSA) is 0 Å². The third kappa shape index (κ3) is 4.76. The van der Waals surface area contributed by atoms with Crippen molar-refractivity contribution in [2.24, 2.45) is 0 Å². The molecule has 0 spiro atoms. The lowest BCUT2D eigenvalue weighted by Gasteiger charge is -2.18. The van der Waals surface area contributed by atoms with E-state index in [-0.39, 0.29) is 0 Å². The van der Waals surface area contributed by atoms with E-state index in [9.17, 15) is 0 Å². The van der Waals surface area contributed by atoms with Gasteiger partial charge in [-0.05, 0) is 62.7 Å². The summed E-state index contributed by atoms with van der Waals surface area (Å²) in [6, 6.07) is 46.2. The molecule has 0 N–H and O–H groups in total. The summed E-state index contributed by atoms with van der Waals surface area (Å²) >= 11 is 0. The van der Waals surface area contributed by atoms with Crippen molar-refractivity contribution >= 4 is 11.1 Å². The van der Waals surface area contributed by atoms with Gasteiger partial charge in [0.05, 0.1) is 0 Å². The highest BCUT2D eigenvalue weighted by Gasteiger charge is 2.16. The van der Waals surface area contributed by atoms with Crippen LogP contribution < -0.4 is 0 Å². The van der Waals surface area contributed by atoms with E-state index in [1.54, 1.807) is 0 Å². The Hall–Kier alpha value is -5.04. The standard InChI is InChI=1S/C36H24/c1-3-27-24-28(4-2)26-34(25-27)29-20-22-33(23-21-29)36(32-18-12-7-13-19-32)35(30-14-8-5-9-15-30)31-16-10-6-11-17-31/h1-2,5-26H. The molecule has 0 atom stereocenters. The van der Waals surface area contributed by atoms with Crippen LogP contribution >= 0.6 is 0 Å². The average molecular weight is 457 g/mol. The van der Waals surface area contributed by atoms with Crippen LogP contribution in [0, 0.1) is 24.7 Å². The summed E-state index contributed by atoms with van der Waals surface area (Å²) in [5.74, 6) is 5.42. The second kappa shape index (κ2) is 10.5. The molecule has 0 aliphatic heterocycles. The molecule has 0 unspecified atom stereocenters. The molecule has 0 aromatic heterocycles. The Bertz CT molecular complexity index is 1520. The minimum Gasteiger partial charge on any atom is -0.115 e. The summed E-state index contributed by atoms with van der Waals surface area (Å²) in [6.45, 7) is 0. The molecular weight excluding hydrogens is 432 g/mol. The van der Waals surface area contributed by atoms with Crippen LogP contribution in [0.3, 0.4) is 0 Å². The molecule has 0 amide bonds. The van der Waals surface area contributed by atoms with E-state index in [0.717, 1.165) is 33.4 Å². The third-order valence-corrected chi connectivity index (χ3v) is 6.21. The molecule has 0 saturated carbocycles. The highest BCUT2D eigenvalue weighted by atomic mass is 14.2. The lowest BCUT2D eigenvalue weighted by Crippen LogP contribution is -1.97. The van der Waals surface area contributed by atoms with Gasteiger partial charge in [-0.15, -0.1) is 12.8 Å². The van der Waals surface area contributed by atoms with Gasteiger partial charge in [-0.1, -0.05) is 127 Å². The monoisotopic (exact) mass is 456 g/mol. The molecule has 5 aromatic carbocycles.